The van der Waals surface area contributed by atoms with E-state index in [1.54, 1.807) is 13.8 Å². The third-order valence-corrected chi connectivity index (χ3v) is 3.09. The summed E-state index contributed by atoms with van der Waals surface area (Å²) in [6.45, 7) is 5.95. The van der Waals surface area contributed by atoms with Gasteiger partial charge >= 0.3 is 6.18 Å². The summed E-state index contributed by atoms with van der Waals surface area (Å²) in [6, 6.07) is 0. The number of ketones is 1. The first-order valence-corrected chi connectivity index (χ1v) is 5.93. The molecule has 0 spiro atoms. The van der Waals surface area contributed by atoms with Crippen LogP contribution in [0.2, 0.25) is 0 Å². The smallest absolute Gasteiger partial charge is 0.369 e. The lowest BCUT2D eigenvalue weighted by molar-refractivity contribution is -0.132. The number of hydrogen-bond acceptors (Lipinski definition) is 3. The van der Waals surface area contributed by atoms with Gasteiger partial charge in [0.2, 0.25) is 0 Å². The quantitative estimate of drug-likeness (QED) is 0.849. The van der Waals surface area contributed by atoms with Crippen LogP contribution in [0.5, 0.6) is 0 Å². The minimum Gasteiger partial charge on any atom is -0.369 e. The Balaban J connectivity index is 2.52. The van der Waals surface area contributed by atoms with Gasteiger partial charge in [0, 0.05) is 0 Å². The van der Waals surface area contributed by atoms with E-state index in [9.17, 15) is 18.0 Å². The minimum atomic E-state index is -4.29. The molecule has 18 heavy (non-hydrogen) atoms. The van der Waals surface area contributed by atoms with E-state index in [1.165, 1.54) is 0 Å². The SMILES string of the molecule is CC1(C)CC(C(=O)CNCC(F)(F)F)C(C)(C)O1. The summed E-state index contributed by atoms with van der Waals surface area (Å²) in [7, 11) is 0. The molecule has 1 atom stereocenters. The van der Waals surface area contributed by atoms with Crippen LogP contribution in [0.3, 0.4) is 0 Å². The second kappa shape index (κ2) is 4.81. The summed E-state index contributed by atoms with van der Waals surface area (Å²) in [5.41, 5.74) is -1.03. The number of nitrogens with one attached hydrogen (secondary N) is 1. The maximum absolute atomic E-state index is 12.0. The number of Topliss-reactive ketones (excluding diaryl/α,β-unsaturated/α-hetero) is 1. The van der Waals surface area contributed by atoms with E-state index in [-0.39, 0.29) is 18.2 Å². The van der Waals surface area contributed by atoms with Crippen LogP contribution in [0.4, 0.5) is 13.2 Å². The first-order valence-electron chi connectivity index (χ1n) is 5.93. The molecule has 1 saturated heterocycles. The van der Waals surface area contributed by atoms with Gasteiger partial charge in [-0.25, -0.2) is 0 Å². The zero-order valence-corrected chi connectivity index (χ0v) is 11.1. The Bertz CT molecular complexity index is 324. The molecule has 1 unspecified atom stereocenters. The Kier molecular flexibility index (Phi) is 4.13. The maximum Gasteiger partial charge on any atom is 0.401 e. The second-order valence-electron chi connectivity index (χ2n) is 5.91. The van der Waals surface area contributed by atoms with Crippen molar-refractivity contribution in [2.75, 3.05) is 13.1 Å². The Morgan fingerprint density at radius 3 is 2.28 bits per heavy atom. The van der Waals surface area contributed by atoms with Crippen molar-refractivity contribution in [2.24, 2.45) is 5.92 Å². The molecule has 1 aliphatic heterocycles. The monoisotopic (exact) mass is 267 g/mol. The Hall–Kier alpha value is -0.620. The molecule has 0 aromatic rings. The summed E-state index contributed by atoms with van der Waals surface area (Å²) in [5, 5.41) is 2.14. The molecule has 0 aromatic carbocycles. The van der Waals surface area contributed by atoms with E-state index >= 15 is 0 Å². The fourth-order valence-electron chi connectivity index (χ4n) is 2.51. The van der Waals surface area contributed by atoms with Crippen molar-refractivity contribution in [1.82, 2.24) is 5.32 Å². The predicted molar refractivity (Wildman–Crippen MR) is 61.3 cm³/mol. The summed E-state index contributed by atoms with van der Waals surface area (Å²) in [5.74, 6) is -0.594. The highest BCUT2D eigenvalue weighted by Gasteiger charge is 2.48. The van der Waals surface area contributed by atoms with Gasteiger partial charge in [0.25, 0.3) is 0 Å². The molecular weight excluding hydrogens is 247 g/mol. The summed E-state index contributed by atoms with van der Waals surface area (Å²) in [6.07, 6.45) is -3.76. The van der Waals surface area contributed by atoms with Crippen LogP contribution in [0.15, 0.2) is 0 Å². The normalized spacial score (nSPS) is 26.3. The van der Waals surface area contributed by atoms with Crippen molar-refractivity contribution in [3.05, 3.63) is 0 Å². The van der Waals surface area contributed by atoms with Crippen LogP contribution >= 0.6 is 0 Å². The average Bonchev–Trinajstić information content (AvgIpc) is 2.31. The summed E-state index contributed by atoms with van der Waals surface area (Å²) < 4.78 is 41.6. The molecule has 1 N–H and O–H groups in total. The van der Waals surface area contributed by atoms with Gasteiger partial charge in [-0.3, -0.25) is 4.79 Å². The molecule has 0 amide bonds. The predicted octanol–water partition coefficient (Wildman–Crippen LogP) is 2.30. The van der Waals surface area contributed by atoms with Gasteiger partial charge in [-0.1, -0.05) is 0 Å². The molecule has 0 aromatic heterocycles. The van der Waals surface area contributed by atoms with Crippen LogP contribution in [-0.2, 0) is 9.53 Å². The molecule has 0 saturated carbocycles. The molecule has 3 nitrogen and oxygen atoms in total. The number of alkyl halides is 3. The lowest BCUT2D eigenvalue weighted by Gasteiger charge is -2.26. The van der Waals surface area contributed by atoms with E-state index < -0.39 is 23.9 Å². The van der Waals surface area contributed by atoms with Crippen LogP contribution in [0.25, 0.3) is 0 Å². The van der Waals surface area contributed by atoms with Crippen molar-refractivity contribution in [1.29, 1.82) is 0 Å². The van der Waals surface area contributed by atoms with Gasteiger partial charge < -0.3 is 10.1 Å². The number of halogens is 3. The second-order valence-corrected chi connectivity index (χ2v) is 5.91. The van der Waals surface area contributed by atoms with Crippen LogP contribution in [0.1, 0.15) is 34.1 Å². The minimum absolute atomic E-state index is 0.227. The molecule has 1 aliphatic rings. The first-order chi connectivity index (χ1) is 7.93. The number of ether oxygens (including phenoxy) is 1. The van der Waals surface area contributed by atoms with Crippen molar-refractivity contribution in [3.8, 4) is 0 Å². The fourth-order valence-corrected chi connectivity index (χ4v) is 2.51. The van der Waals surface area contributed by atoms with Gasteiger partial charge in [-0.2, -0.15) is 13.2 Å². The van der Waals surface area contributed by atoms with Crippen LogP contribution in [0, 0.1) is 5.92 Å². The van der Waals surface area contributed by atoms with Crippen molar-refractivity contribution < 1.29 is 22.7 Å². The Morgan fingerprint density at radius 2 is 1.89 bits per heavy atom. The molecule has 0 radical (unpaired) electrons. The number of rotatable bonds is 4. The molecule has 6 heteroatoms. The molecule has 1 fully saturated rings. The molecule has 0 bridgehead atoms. The molecule has 106 valence electrons. The average molecular weight is 267 g/mol. The van der Waals surface area contributed by atoms with Crippen molar-refractivity contribution in [3.63, 3.8) is 0 Å². The third kappa shape index (κ3) is 4.24. The van der Waals surface area contributed by atoms with Gasteiger partial charge in [0.15, 0.2) is 5.78 Å². The van der Waals surface area contributed by atoms with E-state index in [1.807, 2.05) is 13.8 Å². The largest absolute Gasteiger partial charge is 0.401 e. The highest BCUT2D eigenvalue weighted by Crippen LogP contribution is 2.42. The van der Waals surface area contributed by atoms with Gasteiger partial charge in [-0.15, -0.1) is 0 Å². The summed E-state index contributed by atoms with van der Waals surface area (Å²) in [4.78, 5) is 11.9. The lowest BCUT2D eigenvalue weighted by Crippen LogP contribution is -2.40. The highest BCUT2D eigenvalue weighted by atomic mass is 19.4. The first kappa shape index (κ1) is 15.4. The zero-order valence-electron chi connectivity index (χ0n) is 11.1. The maximum atomic E-state index is 12.0. The Labute approximate surface area is 105 Å². The lowest BCUT2D eigenvalue weighted by atomic mass is 9.84. The van der Waals surface area contributed by atoms with E-state index in [2.05, 4.69) is 5.32 Å². The number of carbonyl (C=O) groups is 1. The standard InChI is InChI=1S/C12H20F3NO2/c1-10(2)5-8(11(3,4)18-10)9(17)6-16-7-12(13,14)15/h8,16H,5-7H2,1-4H3. The molecule has 0 aliphatic carbocycles. The molecule has 1 rings (SSSR count). The van der Waals surface area contributed by atoms with Crippen molar-refractivity contribution >= 4 is 5.78 Å². The third-order valence-electron chi connectivity index (χ3n) is 3.09. The number of carbonyl (C=O) groups excluding carboxylic acids is 1. The van der Waals surface area contributed by atoms with Crippen LogP contribution in [-0.4, -0.2) is 36.3 Å². The highest BCUT2D eigenvalue weighted by molar-refractivity contribution is 5.84. The van der Waals surface area contributed by atoms with Crippen LogP contribution < -0.4 is 5.32 Å². The van der Waals surface area contributed by atoms with Crippen molar-refractivity contribution in [2.45, 2.75) is 51.5 Å². The van der Waals surface area contributed by atoms with Gasteiger partial charge in [-0.05, 0) is 34.1 Å². The fraction of sp³-hybridized carbons (Fsp3) is 0.917. The van der Waals surface area contributed by atoms with E-state index in [4.69, 9.17) is 4.74 Å². The van der Waals surface area contributed by atoms with Gasteiger partial charge in [0.1, 0.15) is 0 Å². The van der Waals surface area contributed by atoms with E-state index in [0.717, 1.165) is 0 Å². The van der Waals surface area contributed by atoms with Gasteiger partial charge in [0.05, 0.1) is 30.2 Å². The zero-order chi connectivity index (χ0) is 14.2. The molecular formula is C12H20F3NO2. The molecule has 1 heterocycles. The Morgan fingerprint density at radius 1 is 1.33 bits per heavy atom. The number of hydrogen-bond donors (Lipinski definition) is 1. The van der Waals surface area contributed by atoms with E-state index in [0.29, 0.717) is 6.42 Å². The summed E-state index contributed by atoms with van der Waals surface area (Å²) >= 11 is 0. The topological polar surface area (TPSA) is 38.3 Å².